The highest BCUT2D eigenvalue weighted by Gasteiger charge is 2.35. The van der Waals surface area contributed by atoms with Crippen LogP contribution >= 0.6 is 0 Å². The zero-order chi connectivity index (χ0) is 12.3. The van der Waals surface area contributed by atoms with Crippen LogP contribution in [0.5, 0.6) is 0 Å². The quantitative estimate of drug-likeness (QED) is 0.810. The summed E-state index contributed by atoms with van der Waals surface area (Å²) in [6.07, 6.45) is 13.4. The highest BCUT2D eigenvalue weighted by atomic mass is 15.1. The summed E-state index contributed by atoms with van der Waals surface area (Å²) >= 11 is 0. The molecule has 1 spiro atoms. The first kappa shape index (κ1) is 12.9. The Labute approximate surface area is 113 Å². The molecule has 0 bridgehead atoms. The van der Waals surface area contributed by atoms with Crippen LogP contribution in [0.2, 0.25) is 0 Å². The van der Waals surface area contributed by atoms with E-state index in [1.165, 1.54) is 90.5 Å². The average molecular weight is 250 g/mol. The molecular weight excluding hydrogens is 220 g/mol. The van der Waals surface area contributed by atoms with Crippen LogP contribution < -0.4 is 5.32 Å². The number of likely N-dealkylation sites (tertiary alicyclic amines) is 1. The smallest absolute Gasteiger partial charge is 0.00218 e. The largest absolute Gasteiger partial charge is 0.316 e. The van der Waals surface area contributed by atoms with E-state index >= 15 is 0 Å². The zero-order valence-corrected chi connectivity index (χ0v) is 11.9. The lowest BCUT2D eigenvalue weighted by atomic mass is 9.68. The van der Waals surface area contributed by atoms with Gasteiger partial charge in [-0.25, -0.2) is 0 Å². The minimum absolute atomic E-state index is 0.777. The molecule has 1 atom stereocenters. The third-order valence-corrected chi connectivity index (χ3v) is 5.75. The fraction of sp³-hybridized carbons (Fsp3) is 1.00. The molecule has 2 saturated heterocycles. The molecule has 1 saturated carbocycles. The van der Waals surface area contributed by atoms with Gasteiger partial charge in [0.1, 0.15) is 0 Å². The van der Waals surface area contributed by atoms with Crippen LogP contribution in [-0.2, 0) is 0 Å². The summed E-state index contributed by atoms with van der Waals surface area (Å²) in [5.41, 5.74) is 0.777. The molecule has 2 heteroatoms. The van der Waals surface area contributed by atoms with Crippen LogP contribution in [0.1, 0.15) is 57.8 Å². The Morgan fingerprint density at radius 1 is 0.944 bits per heavy atom. The summed E-state index contributed by atoms with van der Waals surface area (Å²) in [7, 11) is 0. The molecule has 3 fully saturated rings. The van der Waals surface area contributed by atoms with Gasteiger partial charge in [-0.3, -0.25) is 0 Å². The van der Waals surface area contributed by atoms with Crippen molar-refractivity contribution in [3.05, 3.63) is 0 Å². The third-order valence-electron chi connectivity index (χ3n) is 5.75. The van der Waals surface area contributed by atoms with Crippen LogP contribution in [0.15, 0.2) is 0 Å². The average Bonchev–Trinajstić information content (AvgIpc) is 2.44. The molecule has 0 aromatic rings. The Kier molecular flexibility index (Phi) is 4.25. The normalized spacial score (nSPS) is 33.7. The predicted molar refractivity (Wildman–Crippen MR) is 76.8 cm³/mol. The standard InChI is InChI=1S/C16H30N2/c1-2-6-16(7-3-1)8-11-18(12-9-16)14-15-5-4-10-17-13-15/h15,17H,1-14H2/t15-/m1/s1. The fourth-order valence-electron chi connectivity index (χ4n) is 4.46. The topological polar surface area (TPSA) is 15.3 Å². The van der Waals surface area contributed by atoms with Crippen molar-refractivity contribution in [1.82, 2.24) is 10.2 Å². The van der Waals surface area contributed by atoms with Crippen molar-refractivity contribution in [2.45, 2.75) is 57.8 Å². The summed E-state index contributed by atoms with van der Waals surface area (Å²) in [6, 6.07) is 0. The number of nitrogens with one attached hydrogen (secondary N) is 1. The lowest BCUT2D eigenvalue weighted by Gasteiger charge is -2.45. The Hall–Kier alpha value is -0.0800. The number of nitrogens with zero attached hydrogens (tertiary/aromatic N) is 1. The monoisotopic (exact) mass is 250 g/mol. The molecule has 0 aromatic carbocycles. The molecule has 2 heterocycles. The zero-order valence-electron chi connectivity index (χ0n) is 11.9. The minimum Gasteiger partial charge on any atom is -0.316 e. The van der Waals surface area contributed by atoms with Crippen LogP contribution in [0.4, 0.5) is 0 Å². The van der Waals surface area contributed by atoms with Crippen molar-refractivity contribution in [2.24, 2.45) is 11.3 Å². The number of hydrogen-bond donors (Lipinski definition) is 1. The predicted octanol–water partition coefficient (Wildman–Crippen LogP) is 3.03. The molecule has 0 radical (unpaired) electrons. The third kappa shape index (κ3) is 3.08. The molecule has 104 valence electrons. The van der Waals surface area contributed by atoms with Gasteiger partial charge in [0.05, 0.1) is 0 Å². The van der Waals surface area contributed by atoms with Gasteiger partial charge in [0.15, 0.2) is 0 Å². The maximum absolute atomic E-state index is 3.55. The first-order valence-corrected chi connectivity index (χ1v) is 8.29. The van der Waals surface area contributed by atoms with E-state index in [0.717, 1.165) is 11.3 Å². The molecule has 3 aliphatic rings. The van der Waals surface area contributed by atoms with E-state index in [1.807, 2.05) is 0 Å². The highest BCUT2D eigenvalue weighted by molar-refractivity contribution is 4.89. The summed E-state index contributed by atoms with van der Waals surface area (Å²) in [5, 5.41) is 3.55. The molecule has 1 N–H and O–H groups in total. The molecular formula is C16H30N2. The lowest BCUT2D eigenvalue weighted by Crippen LogP contribution is -2.45. The Morgan fingerprint density at radius 3 is 2.39 bits per heavy atom. The van der Waals surface area contributed by atoms with E-state index in [9.17, 15) is 0 Å². The van der Waals surface area contributed by atoms with Crippen LogP contribution in [0.25, 0.3) is 0 Å². The molecule has 0 aromatic heterocycles. The highest BCUT2D eigenvalue weighted by Crippen LogP contribution is 2.44. The number of rotatable bonds is 2. The van der Waals surface area contributed by atoms with E-state index < -0.39 is 0 Å². The molecule has 0 unspecified atom stereocenters. The maximum Gasteiger partial charge on any atom is 0.00218 e. The second-order valence-electron chi connectivity index (χ2n) is 7.07. The second-order valence-corrected chi connectivity index (χ2v) is 7.07. The van der Waals surface area contributed by atoms with E-state index in [2.05, 4.69) is 10.2 Å². The van der Waals surface area contributed by atoms with Crippen LogP contribution in [-0.4, -0.2) is 37.6 Å². The molecule has 3 rings (SSSR count). The Balaban J connectivity index is 1.44. The van der Waals surface area contributed by atoms with E-state index in [-0.39, 0.29) is 0 Å². The van der Waals surface area contributed by atoms with Gasteiger partial charge in [-0.1, -0.05) is 19.3 Å². The molecule has 2 nitrogen and oxygen atoms in total. The van der Waals surface area contributed by atoms with Gasteiger partial charge < -0.3 is 10.2 Å². The van der Waals surface area contributed by atoms with Crippen molar-refractivity contribution in [2.75, 3.05) is 32.7 Å². The maximum atomic E-state index is 3.55. The van der Waals surface area contributed by atoms with E-state index in [0.29, 0.717) is 0 Å². The molecule has 0 amide bonds. The van der Waals surface area contributed by atoms with Gasteiger partial charge in [-0.2, -0.15) is 0 Å². The lowest BCUT2D eigenvalue weighted by molar-refractivity contribution is 0.0574. The summed E-state index contributed by atoms with van der Waals surface area (Å²) in [6.45, 7) is 6.65. The first-order chi connectivity index (χ1) is 8.86. The fourth-order valence-corrected chi connectivity index (χ4v) is 4.46. The summed E-state index contributed by atoms with van der Waals surface area (Å²) in [5.74, 6) is 0.930. The van der Waals surface area contributed by atoms with Crippen molar-refractivity contribution in [3.63, 3.8) is 0 Å². The van der Waals surface area contributed by atoms with Gasteiger partial charge in [-0.15, -0.1) is 0 Å². The second kappa shape index (κ2) is 5.92. The summed E-state index contributed by atoms with van der Waals surface area (Å²) < 4.78 is 0. The van der Waals surface area contributed by atoms with Gasteiger partial charge >= 0.3 is 0 Å². The first-order valence-electron chi connectivity index (χ1n) is 8.29. The van der Waals surface area contributed by atoms with Crippen molar-refractivity contribution < 1.29 is 0 Å². The molecule has 1 aliphatic carbocycles. The van der Waals surface area contributed by atoms with Crippen LogP contribution in [0.3, 0.4) is 0 Å². The molecule has 18 heavy (non-hydrogen) atoms. The number of piperidine rings is 2. The minimum atomic E-state index is 0.777. The van der Waals surface area contributed by atoms with Crippen LogP contribution in [0, 0.1) is 11.3 Å². The molecule has 2 aliphatic heterocycles. The van der Waals surface area contributed by atoms with Crippen molar-refractivity contribution >= 4 is 0 Å². The Bertz CT molecular complexity index is 242. The van der Waals surface area contributed by atoms with E-state index in [1.54, 1.807) is 0 Å². The SMILES string of the molecule is C1CCC2(CC1)CCN(C[C@@H]1CCCNC1)CC2. The van der Waals surface area contributed by atoms with Crippen molar-refractivity contribution in [3.8, 4) is 0 Å². The van der Waals surface area contributed by atoms with Gasteiger partial charge in [-0.05, 0) is 76.0 Å². The Morgan fingerprint density at radius 2 is 1.72 bits per heavy atom. The van der Waals surface area contributed by atoms with Crippen molar-refractivity contribution in [1.29, 1.82) is 0 Å². The summed E-state index contributed by atoms with van der Waals surface area (Å²) in [4.78, 5) is 2.76. The van der Waals surface area contributed by atoms with Gasteiger partial charge in [0, 0.05) is 6.54 Å². The van der Waals surface area contributed by atoms with E-state index in [4.69, 9.17) is 0 Å². The van der Waals surface area contributed by atoms with Gasteiger partial charge in [0.2, 0.25) is 0 Å². The number of hydrogen-bond acceptors (Lipinski definition) is 2. The van der Waals surface area contributed by atoms with Gasteiger partial charge in [0.25, 0.3) is 0 Å².